The topological polar surface area (TPSA) is 175 Å². The Bertz CT molecular complexity index is 1720. The van der Waals surface area contributed by atoms with Crippen LogP contribution in [0.15, 0.2) is 30.9 Å². The summed E-state index contributed by atoms with van der Waals surface area (Å²) < 4.78 is 33.4. The molecule has 3 aliphatic heterocycles. The van der Waals surface area contributed by atoms with Gasteiger partial charge in [0.05, 0.1) is 11.8 Å². The molecule has 15 heteroatoms. The Hall–Kier alpha value is -4.14. The van der Waals surface area contributed by atoms with E-state index in [1.807, 2.05) is 32.9 Å². The van der Waals surface area contributed by atoms with Crippen LogP contribution in [-0.2, 0) is 48.7 Å². The van der Waals surface area contributed by atoms with E-state index in [-0.39, 0.29) is 19.4 Å². The molecule has 0 radical (unpaired) electrons. The number of benzene rings is 1. The first-order chi connectivity index (χ1) is 24.0. The first-order valence-corrected chi connectivity index (χ1v) is 19.5. The number of amides is 6. The molecule has 4 bridgehead atoms. The van der Waals surface area contributed by atoms with Crippen molar-refractivity contribution >= 4 is 39.9 Å². The zero-order chi connectivity index (χ0) is 36.9. The third-order valence-electron chi connectivity index (χ3n) is 10.9. The number of urea groups is 1. The molecule has 3 N–H and O–H groups in total. The average Bonchev–Trinajstić information content (AvgIpc) is 3.96. The van der Waals surface area contributed by atoms with Crippen LogP contribution in [0.5, 0.6) is 0 Å². The lowest BCUT2D eigenvalue weighted by Crippen LogP contribution is -2.61. The van der Waals surface area contributed by atoms with Crippen molar-refractivity contribution in [2.75, 3.05) is 20.1 Å². The normalized spacial score (nSPS) is 28.9. The van der Waals surface area contributed by atoms with Gasteiger partial charge in [0.1, 0.15) is 23.7 Å². The molecule has 2 aliphatic carbocycles. The Balaban J connectivity index is 1.28. The van der Waals surface area contributed by atoms with Gasteiger partial charge in [0.2, 0.25) is 21.8 Å². The van der Waals surface area contributed by atoms with Gasteiger partial charge in [-0.05, 0) is 60.6 Å². The Labute approximate surface area is 299 Å². The fourth-order valence-corrected chi connectivity index (χ4v) is 8.82. The van der Waals surface area contributed by atoms with Crippen LogP contribution in [-0.4, -0.2) is 102 Å². The van der Waals surface area contributed by atoms with Crippen molar-refractivity contribution in [1.29, 1.82) is 0 Å². The van der Waals surface area contributed by atoms with Crippen molar-refractivity contribution in [2.24, 2.45) is 11.3 Å². The number of sulfonamides is 1. The molecule has 14 nitrogen and oxygen atoms in total. The Morgan fingerprint density at radius 1 is 1.08 bits per heavy atom. The molecule has 6 amide bonds. The van der Waals surface area contributed by atoms with E-state index in [1.165, 1.54) is 16.5 Å². The quantitative estimate of drug-likeness (QED) is 0.375. The Kier molecular flexibility index (Phi) is 9.90. The second-order valence-corrected chi connectivity index (χ2v) is 17.8. The zero-order valence-corrected chi connectivity index (χ0v) is 30.7. The zero-order valence-electron chi connectivity index (χ0n) is 29.9. The van der Waals surface area contributed by atoms with Gasteiger partial charge in [0.25, 0.3) is 5.91 Å². The third kappa shape index (κ3) is 7.58. The van der Waals surface area contributed by atoms with E-state index in [1.54, 1.807) is 16.8 Å². The third-order valence-corrected chi connectivity index (χ3v) is 12.7. The minimum Gasteiger partial charge on any atom is -0.444 e. The first kappa shape index (κ1) is 36.6. The summed E-state index contributed by atoms with van der Waals surface area (Å²) in [5.74, 6) is -2.61. The second kappa shape index (κ2) is 13.8. The molecule has 3 heterocycles. The molecule has 5 atom stereocenters. The molecule has 6 rings (SSSR count). The lowest BCUT2D eigenvalue weighted by atomic mass is 9.85. The Morgan fingerprint density at radius 3 is 2.47 bits per heavy atom. The lowest BCUT2D eigenvalue weighted by molar-refractivity contribution is -0.142. The molecule has 2 saturated carbocycles. The van der Waals surface area contributed by atoms with Crippen molar-refractivity contribution in [3.8, 4) is 0 Å². The van der Waals surface area contributed by atoms with E-state index < -0.39 is 80.2 Å². The van der Waals surface area contributed by atoms with Crippen molar-refractivity contribution in [3.05, 3.63) is 47.5 Å². The van der Waals surface area contributed by atoms with Crippen LogP contribution in [0.25, 0.3) is 0 Å². The van der Waals surface area contributed by atoms with E-state index in [0.29, 0.717) is 32.5 Å². The molecular weight excluding hydrogens is 676 g/mol. The van der Waals surface area contributed by atoms with Gasteiger partial charge in [-0.2, -0.15) is 0 Å². The monoisotopic (exact) mass is 726 g/mol. The minimum absolute atomic E-state index is 0.0586. The van der Waals surface area contributed by atoms with Crippen LogP contribution < -0.4 is 15.4 Å². The summed E-state index contributed by atoms with van der Waals surface area (Å²) in [6, 6.07) is 3.42. The number of nitrogens with one attached hydrogen (secondary N) is 3. The summed E-state index contributed by atoms with van der Waals surface area (Å²) in [4.78, 5) is 73.6. The highest BCUT2D eigenvalue weighted by atomic mass is 32.2. The van der Waals surface area contributed by atoms with E-state index in [2.05, 4.69) is 28.0 Å². The predicted octanol–water partition coefficient (Wildman–Crippen LogP) is 2.56. The van der Waals surface area contributed by atoms with Crippen molar-refractivity contribution in [2.45, 2.75) is 114 Å². The maximum absolute atomic E-state index is 14.5. The molecule has 1 saturated heterocycles. The molecular formula is C36H50N6O8S. The summed E-state index contributed by atoms with van der Waals surface area (Å²) in [7, 11) is -2.22. The van der Waals surface area contributed by atoms with Gasteiger partial charge in [-0.25, -0.2) is 18.0 Å². The lowest BCUT2D eigenvalue weighted by Gasteiger charge is -2.36. The number of hydrogen-bond donors (Lipinski definition) is 3. The summed E-state index contributed by atoms with van der Waals surface area (Å²) >= 11 is 0. The van der Waals surface area contributed by atoms with E-state index >= 15 is 0 Å². The molecule has 1 aromatic carbocycles. The fraction of sp³-hybridized carbons (Fsp3) is 0.639. The molecule has 0 spiro atoms. The Morgan fingerprint density at radius 2 is 1.80 bits per heavy atom. The van der Waals surface area contributed by atoms with Crippen LogP contribution in [0.3, 0.4) is 0 Å². The van der Waals surface area contributed by atoms with Crippen molar-refractivity contribution in [1.82, 2.24) is 30.1 Å². The van der Waals surface area contributed by atoms with Gasteiger partial charge in [-0.3, -0.25) is 24.0 Å². The van der Waals surface area contributed by atoms with Crippen LogP contribution in [0.1, 0.15) is 82.4 Å². The van der Waals surface area contributed by atoms with Gasteiger partial charge in [0.15, 0.2) is 0 Å². The number of rotatable bonds is 6. The minimum atomic E-state index is -3.90. The number of carbonyl (C=O) groups is 5. The molecule has 51 heavy (non-hydrogen) atoms. The molecule has 1 aromatic rings. The average molecular weight is 727 g/mol. The fourth-order valence-electron chi connectivity index (χ4n) is 7.46. The number of ether oxygens (including phenoxy) is 1. The number of carbonyl (C=O) groups excluding carboxylic acids is 5. The largest absolute Gasteiger partial charge is 0.444 e. The van der Waals surface area contributed by atoms with Gasteiger partial charge in [-0.1, -0.05) is 51.5 Å². The number of nitrogens with zero attached hydrogens (tertiary/aromatic N) is 3. The SMILES string of the molecule is C=C[C@@H]1C[C@]1(NC(=O)[C@@H]1C[C@@H]2CN1C(=O)[C@H](C(C)(C)C)NC(=O)N(C)CCCCCc1cccc3c1CN(C3)C(=O)O2)C(=O)NS(=O)(=O)C1CC1. The maximum Gasteiger partial charge on any atom is 0.410 e. The summed E-state index contributed by atoms with van der Waals surface area (Å²) in [5.41, 5.74) is 0.996. The van der Waals surface area contributed by atoms with Gasteiger partial charge >= 0.3 is 12.1 Å². The highest BCUT2D eigenvalue weighted by Gasteiger charge is 2.62. The van der Waals surface area contributed by atoms with E-state index in [9.17, 15) is 32.4 Å². The number of fused-ring (bicyclic) bond motifs is 3. The van der Waals surface area contributed by atoms with Gasteiger partial charge < -0.3 is 25.2 Å². The van der Waals surface area contributed by atoms with Gasteiger partial charge in [0, 0.05) is 39.0 Å². The standard InChI is InChI=1S/C36H50N6O8S/c1-6-24-18-36(24,32(45)39-51(48,49)26-14-15-26)38-30(43)28-17-25-20-42(28)31(44)29(35(2,3)4)37-33(46)40(5)16-9-7-8-11-22-12-10-13-23-19-41(21-27(22)23)34(47)50-25/h6,10,12-13,24-26,28-29H,1,7-9,11,14-21H2,2-5H3,(H,37,46)(H,38,43)(H,39,45)/t24-,25-,28+,29-,36-/m1/s1. The molecule has 3 fully saturated rings. The molecule has 278 valence electrons. The smallest absolute Gasteiger partial charge is 0.410 e. The van der Waals surface area contributed by atoms with Crippen LogP contribution >= 0.6 is 0 Å². The van der Waals surface area contributed by atoms with E-state index in [0.717, 1.165) is 36.8 Å². The summed E-state index contributed by atoms with van der Waals surface area (Å²) in [5, 5.41) is 5.01. The molecule has 0 aromatic heterocycles. The summed E-state index contributed by atoms with van der Waals surface area (Å²) in [6.07, 6.45) is 4.48. The predicted molar refractivity (Wildman–Crippen MR) is 187 cm³/mol. The van der Waals surface area contributed by atoms with E-state index in [4.69, 9.17) is 4.74 Å². The summed E-state index contributed by atoms with van der Waals surface area (Å²) in [6.45, 7) is 10.3. The highest BCUT2D eigenvalue weighted by molar-refractivity contribution is 7.91. The van der Waals surface area contributed by atoms with Crippen molar-refractivity contribution < 1.29 is 37.1 Å². The second-order valence-electron chi connectivity index (χ2n) is 15.8. The molecule has 5 aliphatic rings. The van der Waals surface area contributed by atoms with Crippen LogP contribution in [0, 0.1) is 11.3 Å². The molecule has 0 unspecified atom stereocenters. The van der Waals surface area contributed by atoms with Gasteiger partial charge in [-0.15, -0.1) is 6.58 Å². The first-order valence-electron chi connectivity index (χ1n) is 17.9. The van der Waals surface area contributed by atoms with Crippen LogP contribution in [0.2, 0.25) is 0 Å². The number of aryl methyl sites for hydroxylation is 1. The number of hydrogen-bond acceptors (Lipinski definition) is 8. The highest BCUT2D eigenvalue weighted by Crippen LogP contribution is 2.45. The van der Waals surface area contributed by atoms with Crippen LogP contribution in [0.4, 0.5) is 9.59 Å². The van der Waals surface area contributed by atoms with Crippen molar-refractivity contribution in [3.63, 3.8) is 0 Å². The maximum atomic E-state index is 14.5.